The SMILES string of the molecule is O=C(Nc1ccon1)N[C@@H]1CCCC[C@H]1F. The molecular weight excluding hydrogens is 213 g/mol. The smallest absolute Gasteiger partial charge is 0.320 e. The number of urea groups is 1. The highest BCUT2D eigenvalue weighted by Crippen LogP contribution is 2.21. The maximum absolute atomic E-state index is 13.4. The minimum Gasteiger partial charge on any atom is -0.363 e. The van der Waals surface area contributed by atoms with Crippen molar-refractivity contribution in [2.45, 2.75) is 37.9 Å². The van der Waals surface area contributed by atoms with E-state index in [1.165, 1.54) is 12.3 Å². The van der Waals surface area contributed by atoms with Gasteiger partial charge in [-0.25, -0.2) is 9.18 Å². The van der Waals surface area contributed by atoms with Gasteiger partial charge in [-0.05, 0) is 12.8 Å². The van der Waals surface area contributed by atoms with Crippen molar-refractivity contribution in [1.82, 2.24) is 10.5 Å². The van der Waals surface area contributed by atoms with E-state index in [0.717, 1.165) is 12.8 Å². The fourth-order valence-corrected chi connectivity index (χ4v) is 1.85. The van der Waals surface area contributed by atoms with Crippen molar-refractivity contribution >= 4 is 11.8 Å². The van der Waals surface area contributed by atoms with Crippen molar-refractivity contribution in [3.63, 3.8) is 0 Å². The number of aromatic nitrogens is 1. The summed E-state index contributed by atoms with van der Waals surface area (Å²) in [4.78, 5) is 11.5. The molecule has 1 aromatic heterocycles. The van der Waals surface area contributed by atoms with Crippen LogP contribution >= 0.6 is 0 Å². The Morgan fingerprint density at radius 2 is 2.31 bits per heavy atom. The highest BCUT2D eigenvalue weighted by atomic mass is 19.1. The van der Waals surface area contributed by atoms with Crippen LogP contribution in [0.5, 0.6) is 0 Å². The third-order valence-corrected chi connectivity index (χ3v) is 2.68. The summed E-state index contributed by atoms with van der Waals surface area (Å²) >= 11 is 0. The van der Waals surface area contributed by atoms with Crippen LogP contribution in [0.3, 0.4) is 0 Å². The quantitative estimate of drug-likeness (QED) is 0.812. The Morgan fingerprint density at radius 1 is 1.50 bits per heavy atom. The zero-order valence-electron chi connectivity index (χ0n) is 8.78. The molecule has 0 saturated heterocycles. The lowest BCUT2D eigenvalue weighted by atomic mass is 9.94. The molecule has 1 aliphatic carbocycles. The van der Waals surface area contributed by atoms with Crippen LogP contribution in [0.1, 0.15) is 25.7 Å². The summed E-state index contributed by atoms with van der Waals surface area (Å²) in [6, 6.07) is 0.692. The van der Waals surface area contributed by atoms with Gasteiger partial charge in [0.15, 0.2) is 5.82 Å². The van der Waals surface area contributed by atoms with Gasteiger partial charge in [0.2, 0.25) is 0 Å². The number of hydrogen-bond acceptors (Lipinski definition) is 3. The van der Waals surface area contributed by atoms with Crippen LogP contribution in [-0.2, 0) is 0 Å². The summed E-state index contributed by atoms with van der Waals surface area (Å²) in [5.74, 6) is 0.323. The summed E-state index contributed by atoms with van der Waals surface area (Å²) in [6.07, 6.45) is 3.47. The van der Waals surface area contributed by atoms with Gasteiger partial charge in [0.1, 0.15) is 12.4 Å². The molecule has 2 atom stereocenters. The van der Waals surface area contributed by atoms with Crippen LogP contribution in [-0.4, -0.2) is 23.4 Å². The van der Waals surface area contributed by atoms with Crippen LogP contribution in [0, 0.1) is 0 Å². The Kier molecular flexibility index (Phi) is 3.38. The Labute approximate surface area is 92.4 Å². The van der Waals surface area contributed by atoms with E-state index in [4.69, 9.17) is 0 Å². The molecule has 1 aliphatic rings. The van der Waals surface area contributed by atoms with Gasteiger partial charge in [-0.15, -0.1) is 0 Å². The molecule has 0 aliphatic heterocycles. The third kappa shape index (κ3) is 2.71. The highest BCUT2D eigenvalue weighted by Gasteiger charge is 2.26. The van der Waals surface area contributed by atoms with Crippen molar-refractivity contribution in [3.05, 3.63) is 12.3 Å². The zero-order valence-corrected chi connectivity index (χ0v) is 8.78. The van der Waals surface area contributed by atoms with Gasteiger partial charge >= 0.3 is 6.03 Å². The minimum atomic E-state index is -0.947. The fraction of sp³-hybridized carbons (Fsp3) is 0.600. The molecule has 2 N–H and O–H groups in total. The van der Waals surface area contributed by atoms with Crippen molar-refractivity contribution in [3.8, 4) is 0 Å². The number of anilines is 1. The number of nitrogens with one attached hydrogen (secondary N) is 2. The monoisotopic (exact) mass is 227 g/mol. The lowest BCUT2D eigenvalue weighted by molar-refractivity contribution is 0.188. The van der Waals surface area contributed by atoms with Gasteiger partial charge in [0.25, 0.3) is 0 Å². The number of nitrogens with zero attached hydrogens (tertiary/aromatic N) is 1. The molecule has 1 saturated carbocycles. The van der Waals surface area contributed by atoms with Crippen LogP contribution in [0.4, 0.5) is 15.0 Å². The predicted octanol–water partition coefficient (Wildman–Crippen LogP) is 2.08. The summed E-state index contributed by atoms with van der Waals surface area (Å²) in [6.45, 7) is 0. The molecular formula is C10H14FN3O2. The number of rotatable bonds is 2. The van der Waals surface area contributed by atoms with Gasteiger partial charge in [-0.3, -0.25) is 5.32 Å². The summed E-state index contributed by atoms with van der Waals surface area (Å²) in [7, 11) is 0. The van der Waals surface area contributed by atoms with Crippen LogP contribution in [0.25, 0.3) is 0 Å². The van der Waals surface area contributed by atoms with E-state index in [2.05, 4.69) is 20.3 Å². The van der Waals surface area contributed by atoms with Gasteiger partial charge in [-0.1, -0.05) is 18.0 Å². The Balaban J connectivity index is 1.82. The molecule has 1 aromatic rings. The number of carbonyl (C=O) groups is 1. The molecule has 2 rings (SSSR count). The molecule has 16 heavy (non-hydrogen) atoms. The van der Waals surface area contributed by atoms with Crippen molar-refractivity contribution in [2.75, 3.05) is 5.32 Å². The first-order chi connectivity index (χ1) is 7.75. The van der Waals surface area contributed by atoms with Crippen molar-refractivity contribution in [2.24, 2.45) is 0 Å². The first kappa shape index (κ1) is 10.9. The van der Waals surface area contributed by atoms with Gasteiger partial charge in [-0.2, -0.15) is 0 Å². The third-order valence-electron chi connectivity index (χ3n) is 2.68. The Hall–Kier alpha value is -1.59. The molecule has 6 heteroatoms. The van der Waals surface area contributed by atoms with E-state index in [9.17, 15) is 9.18 Å². The Bertz CT molecular complexity index is 342. The number of carbonyl (C=O) groups excluding carboxylic acids is 1. The van der Waals surface area contributed by atoms with Crippen LogP contribution in [0.2, 0.25) is 0 Å². The second-order valence-corrected chi connectivity index (χ2v) is 3.89. The summed E-state index contributed by atoms with van der Waals surface area (Å²) < 4.78 is 18.0. The number of alkyl halides is 1. The predicted molar refractivity (Wildman–Crippen MR) is 55.8 cm³/mol. The van der Waals surface area contributed by atoms with Crippen LogP contribution in [0.15, 0.2) is 16.9 Å². The van der Waals surface area contributed by atoms with Gasteiger partial charge in [0.05, 0.1) is 6.04 Å². The van der Waals surface area contributed by atoms with E-state index in [0.29, 0.717) is 18.7 Å². The number of amides is 2. The van der Waals surface area contributed by atoms with Crippen molar-refractivity contribution in [1.29, 1.82) is 0 Å². The molecule has 0 radical (unpaired) electrons. The molecule has 0 unspecified atom stereocenters. The Morgan fingerprint density at radius 3 is 3.00 bits per heavy atom. The van der Waals surface area contributed by atoms with Crippen LogP contribution < -0.4 is 10.6 Å². The molecule has 0 aromatic carbocycles. The highest BCUT2D eigenvalue weighted by molar-refractivity contribution is 5.88. The average molecular weight is 227 g/mol. The zero-order chi connectivity index (χ0) is 11.4. The van der Waals surface area contributed by atoms with E-state index in [1.807, 2.05) is 0 Å². The lowest BCUT2D eigenvalue weighted by Crippen LogP contribution is -2.45. The number of halogens is 1. The fourth-order valence-electron chi connectivity index (χ4n) is 1.85. The van der Waals surface area contributed by atoms with E-state index >= 15 is 0 Å². The summed E-state index contributed by atoms with van der Waals surface area (Å²) in [5, 5.41) is 8.60. The molecule has 5 nitrogen and oxygen atoms in total. The first-order valence-corrected chi connectivity index (χ1v) is 5.37. The van der Waals surface area contributed by atoms with Gasteiger partial charge in [0, 0.05) is 6.07 Å². The van der Waals surface area contributed by atoms with Crippen molar-refractivity contribution < 1.29 is 13.7 Å². The lowest BCUT2D eigenvalue weighted by Gasteiger charge is -2.26. The average Bonchev–Trinajstić information content (AvgIpc) is 2.74. The van der Waals surface area contributed by atoms with E-state index in [1.54, 1.807) is 0 Å². The molecule has 1 heterocycles. The second kappa shape index (κ2) is 4.96. The van der Waals surface area contributed by atoms with Gasteiger partial charge < -0.3 is 9.84 Å². The molecule has 1 fully saturated rings. The molecule has 0 bridgehead atoms. The topological polar surface area (TPSA) is 67.2 Å². The largest absolute Gasteiger partial charge is 0.363 e. The molecule has 0 spiro atoms. The first-order valence-electron chi connectivity index (χ1n) is 5.37. The van der Waals surface area contributed by atoms with E-state index < -0.39 is 12.2 Å². The maximum Gasteiger partial charge on any atom is 0.320 e. The van der Waals surface area contributed by atoms with E-state index in [-0.39, 0.29) is 6.04 Å². The normalized spacial score (nSPS) is 25.1. The minimum absolute atomic E-state index is 0.323. The maximum atomic E-state index is 13.4. The molecule has 2 amide bonds. The molecule has 88 valence electrons. The number of hydrogen-bond donors (Lipinski definition) is 2. The standard InChI is InChI=1S/C10H14FN3O2/c11-7-3-1-2-4-8(7)12-10(15)13-9-5-6-16-14-9/h5-8H,1-4H2,(H2,12,13,14,15)/t7-,8-/m1/s1. The summed E-state index contributed by atoms with van der Waals surface area (Å²) in [5.41, 5.74) is 0. The second-order valence-electron chi connectivity index (χ2n) is 3.89.